The number of hydrogen-bond acceptors (Lipinski definition) is 5. The Bertz CT molecular complexity index is 829. The highest BCUT2D eigenvalue weighted by Gasteiger charge is 2.11. The number of methoxy groups -OCH3 is 3. The van der Waals surface area contributed by atoms with E-state index >= 15 is 0 Å². The summed E-state index contributed by atoms with van der Waals surface area (Å²) in [4.78, 5) is 4.75. The molecule has 5 heteroatoms. The first kappa shape index (κ1) is 16.3. The van der Waals surface area contributed by atoms with Gasteiger partial charge in [0, 0.05) is 17.4 Å². The first-order valence-corrected chi connectivity index (χ1v) is 8.41. The topological polar surface area (TPSA) is 40.6 Å². The fourth-order valence-corrected chi connectivity index (χ4v) is 3.37. The highest BCUT2D eigenvalue weighted by atomic mass is 32.1. The molecule has 0 aliphatic rings. The van der Waals surface area contributed by atoms with Gasteiger partial charge in [0.15, 0.2) is 11.5 Å². The number of thiazole rings is 1. The largest absolute Gasteiger partial charge is 0.496 e. The molecule has 0 N–H and O–H groups in total. The van der Waals surface area contributed by atoms with Crippen molar-refractivity contribution in [3.05, 3.63) is 58.4 Å². The van der Waals surface area contributed by atoms with Crippen molar-refractivity contribution in [2.45, 2.75) is 6.42 Å². The van der Waals surface area contributed by atoms with Gasteiger partial charge < -0.3 is 14.2 Å². The van der Waals surface area contributed by atoms with Gasteiger partial charge in [-0.15, -0.1) is 11.3 Å². The van der Waals surface area contributed by atoms with E-state index in [2.05, 4.69) is 5.38 Å². The molecule has 24 heavy (non-hydrogen) atoms. The minimum Gasteiger partial charge on any atom is -0.496 e. The van der Waals surface area contributed by atoms with Crippen LogP contribution >= 0.6 is 11.3 Å². The third kappa shape index (κ3) is 3.36. The van der Waals surface area contributed by atoms with Crippen LogP contribution in [-0.4, -0.2) is 26.3 Å². The van der Waals surface area contributed by atoms with Crippen molar-refractivity contribution in [3.63, 3.8) is 0 Å². The molecule has 0 fully saturated rings. The van der Waals surface area contributed by atoms with Crippen LogP contribution in [0, 0.1) is 0 Å². The number of nitrogens with zero attached hydrogens (tertiary/aromatic N) is 1. The number of benzene rings is 2. The molecule has 0 saturated heterocycles. The van der Waals surface area contributed by atoms with E-state index < -0.39 is 0 Å². The van der Waals surface area contributed by atoms with E-state index in [9.17, 15) is 0 Å². The maximum atomic E-state index is 5.42. The fraction of sp³-hybridized carbons (Fsp3) is 0.211. The molecule has 3 aromatic rings. The third-order valence-electron chi connectivity index (χ3n) is 3.74. The molecule has 0 radical (unpaired) electrons. The third-order valence-corrected chi connectivity index (χ3v) is 4.59. The van der Waals surface area contributed by atoms with E-state index in [0.29, 0.717) is 0 Å². The van der Waals surface area contributed by atoms with Gasteiger partial charge >= 0.3 is 0 Å². The van der Waals surface area contributed by atoms with Crippen molar-refractivity contribution in [1.29, 1.82) is 0 Å². The Hall–Kier alpha value is -2.53. The second-order valence-corrected chi connectivity index (χ2v) is 6.14. The minimum absolute atomic E-state index is 0.732. The molecule has 2 aromatic carbocycles. The summed E-state index contributed by atoms with van der Waals surface area (Å²) in [5.41, 5.74) is 3.08. The number of hydrogen-bond donors (Lipinski definition) is 0. The number of para-hydroxylation sites is 1. The van der Waals surface area contributed by atoms with Crippen LogP contribution in [0.4, 0.5) is 0 Å². The summed E-state index contributed by atoms with van der Waals surface area (Å²) in [5.74, 6) is 2.30. The Morgan fingerprint density at radius 3 is 2.38 bits per heavy atom. The molecular formula is C19H19NO3S. The molecule has 3 rings (SSSR count). The molecule has 0 atom stereocenters. The summed E-state index contributed by atoms with van der Waals surface area (Å²) in [6.07, 6.45) is 0.750. The summed E-state index contributed by atoms with van der Waals surface area (Å²) in [5, 5.41) is 3.11. The highest BCUT2D eigenvalue weighted by Crippen LogP contribution is 2.32. The van der Waals surface area contributed by atoms with Crippen LogP contribution in [0.2, 0.25) is 0 Å². The molecule has 0 aliphatic heterocycles. The molecule has 0 amide bonds. The molecule has 4 nitrogen and oxygen atoms in total. The predicted octanol–water partition coefficient (Wildman–Crippen LogP) is 4.43. The van der Waals surface area contributed by atoms with E-state index in [1.807, 2.05) is 42.5 Å². The fourth-order valence-electron chi connectivity index (χ4n) is 2.54. The van der Waals surface area contributed by atoms with Crippen LogP contribution in [0.5, 0.6) is 17.2 Å². The second kappa shape index (κ2) is 7.36. The van der Waals surface area contributed by atoms with Crippen molar-refractivity contribution in [2.75, 3.05) is 21.3 Å². The van der Waals surface area contributed by atoms with Crippen molar-refractivity contribution in [2.24, 2.45) is 0 Å². The van der Waals surface area contributed by atoms with Gasteiger partial charge in [-0.1, -0.05) is 18.2 Å². The minimum atomic E-state index is 0.732. The molecule has 0 bridgehead atoms. The molecule has 0 saturated carbocycles. The van der Waals surface area contributed by atoms with E-state index in [0.717, 1.165) is 45.5 Å². The van der Waals surface area contributed by atoms with Gasteiger partial charge in [-0.25, -0.2) is 4.98 Å². The molecule has 0 aliphatic carbocycles. The Labute approximate surface area is 145 Å². The van der Waals surface area contributed by atoms with E-state index in [1.54, 1.807) is 32.7 Å². The summed E-state index contributed by atoms with van der Waals surface area (Å²) in [7, 11) is 4.96. The first-order valence-electron chi connectivity index (χ1n) is 7.54. The van der Waals surface area contributed by atoms with Crippen LogP contribution in [0.1, 0.15) is 10.6 Å². The normalized spacial score (nSPS) is 10.5. The van der Waals surface area contributed by atoms with Crippen LogP contribution in [0.15, 0.2) is 47.8 Å². The molecule has 0 unspecified atom stereocenters. The van der Waals surface area contributed by atoms with Crippen LogP contribution < -0.4 is 14.2 Å². The quantitative estimate of drug-likeness (QED) is 0.665. The smallest absolute Gasteiger partial charge is 0.160 e. The van der Waals surface area contributed by atoms with Crippen molar-refractivity contribution in [1.82, 2.24) is 4.98 Å². The first-order chi connectivity index (χ1) is 11.7. The van der Waals surface area contributed by atoms with Gasteiger partial charge in [-0.2, -0.15) is 0 Å². The number of aromatic nitrogens is 1. The highest BCUT2D eigenvalue weighted by molar-refractivity contribution is 7.10. The Balaban J connectivity index is 1.84. The molecule has 124 valence electrons. The number of ether oxygens (including phenoxy) is 3. The van der Waals surface area contributed by atoms with Gasteiger partial charge in [0.05, 0.1) is 32.0 Å². The standard InChI is InChI=1S/C19H19NO3S/c1-21-16-7-5-4-6-14(16)15-12-24-19(20-15)11-13-8-9-17(22-2)18(10-13)23-3/h4-10,12H,11H2,1-3H3. The van der Waals surface area contributed by atoms with Gasteiger partial charge in [0.1, 0.15) is 5.75 Å². The van der Waals surface area contributed by atoms with Crippen molar-refractivity contribution < 1.29 is 14.2 Å². The van der Waals surface area contributed by atoms with E-state index in [4.69, 9.17) is 19.2 Å². The second-order valence-electron chi connectivity index (χ2n) is 5.19. The molecule has 1 heterocycles. The molecular weight excluding hydrogens is 322 g/mol. The summed E-state index contributed by atoms with van der Waals surface area (Å²) < 4.78 is 16.1. The zero-order chi connectivity index (χ0) is 16.9. The molecule has 1 aromatic heterocycles. The van der Waals surface area contributed by atoms with Crippen LogP contribution in [-0.2, 0) is 6.42 Å². The molecule has 0 spiro atoms. The Morgan fingerprint density at radius 1 is 0.875 bits per heavy atom. The summed E-state index contributed by atoms with van der Waals surface area (Å²) in [6.45, 7) is 0. The maximum Gasteiger partial charge on any atom is 0.160 e. The van der Waals surface area contributed by atoms with E-state index in [-0.39, 0.29) is 0 Å². The van der Waals surface area contributed by atoms with Crippen molar-refractivity contribution in [3.8, 4) is 28.5 Å². The number of rotatable bonds is 6. The van der Waals surface area contributed by atoms with Crippen LogP contribution in [0.25, 0.3) is 11.3 Å². The zero-order valence-electron chi connectivity index (χ0n) is 13.9. The zero-order valence-corrected chi connectivity index (χ0v) is 14.7. The van der Waals surface area contributed by atoms with Crippen molar-refractivity contribution >= 4 is 11.3 Å². The van der Waals surface area contributed by atoms with Gasteiger partial charge in [0.2, 0.25) is 0 Å². The van der Waals surface area contributed by atoms with Crippen LogP contribution in [0.3, 0.4) is 0 Å². The lowest BCUT2D eigenvalue weighted by atomic mass is 10.1. The lowest BCUT2D eigenvalue weighted by Crippen LogP contribution is -1.94. The Kier molecular flexibility index (Phi) is 5.01. The lowest BCUT2D eigenvalue weighted by molar-refractivity contribution is 0.354. The predicted molar refractivity (Wildman–Crippen MR) is 96.5 cm³/mol. The monoisotopic (exact) mass is 341 g/mol. The average molecular weight is 341 g/mol. The SMILES string of the molecule is COc1ccc(Cc2nc(-c3ccccc3OC)cs2)cc1OC. The van der Waals surface area contributed by atoms with Gasteiger partial charge in [0.25, 0.3) is 0 Å². The Morgan fingerprint density at radius 2 is 1.62 bits per heavy atom. The summed E-state index contributed by atoms with van der Waals surface area (Å²) >= 11 is 1.64. The van der Waals surface area contributed by atoms with E-state index in [1.165, 1.54) is 0 Å². The van der Waals surface area contributed by atoms with Gasteiger partial charge in [-0.05, 0) is 29.8 Å². The maximum absolute atomic E-state index is 5.42. The average Bonchev–Trinajstić information content (AvgIpc) is 3.09. The van der Waals surface area contributed by atoms with Gasteiger partial charge in [-0.3, -0.25) is 0 Å². The summed E-state index contributed by atoms with van der Waals surface area (Å²) in [6, 6.07) is 13.9. The lowest BCUT2D eigenvalue weighted by Gasteiger charge is -2.08.